The Labute approximate surface area is 134 Å². The summed E-state index contributed by atoms with van der Waals surface area (Å²) in [5.74, 6) is -0.375. The van der Waals surface area contributed by atoms with Gasteiger partial charge in [-0.05, 0) is 29.5 Å². The van der Waals surface area contributed by atoms with E-state index in [-0.39, 0.29) is 11.2 Å². The molecule has 3 rings (SSSR count). The molecule has 0 saturated heterocycles. The first-order chi connectivity index (χ1) is 11.0. The molecule has 0 aliphatic carbocycles. The lowest BCUT2D eigenvalue weighted by atomic mass is 9.79. The number of aromatic carboxylic acids is 1. The number of nitrogens with zero attached hydrogens (tertiary/aromatic N) is 2. The van der Waals surface area contributed by atoms with E-state index in [1.54, 1.807) is 0 Å². The normalized spacial score (nSPS) is 15.9. The molecule has 0 saturated carbocycles. The van der Waals surface area contributed by atoms with Gasteiger partial charge in [0.05, 0.1) is 6.61 Å². The zero-order chi connectivity index (χ0) is 16.4. The van der Waals surface area contributed by atoms with Crippen LogP contribution in [0.1, 0.15) is 47.6 Å². The van der Waals surface area contributed by atoms with Crippen LogP contribution in [0.25, 0.3) is 12.2 Å². The largest absolute Gasteiger partial charge is 0.493 e. The van der Waals surface area contributed by atoms with Gasteiger partial charge in [0.25, 0.3) is 0 Å². The van der Waals surface area contributed by atoms with Crippen LogP contribution in [0.3, 0.4) is 0 Å². The molecule has 1 N–H and O–H groups in total. The van der Waals surface area contributed by atoms with Crippen LogP contribution in [-0.4, -0.2) is 27.7 Å². The summed E-state index contributed by atoms with van der Waals surface area (Å²) in [6, 6.07) is 6.14. The molecule has 0 amide bonds. The number of aromatic nitrogens is 2. The van der Waals surface area contributed by atoms with E-state index < -0.39 is 5.97 Å². The van der Waals surface area contributed by atoms with E-state index >= 15 is 0 Å². The lowest BCUT2D eigenvalue weighted by molar-refractivity contribution is 0.0683. The smallest absolute Gasteiger partial charge is 0.373 e. The van der Waals surface area contributed by atoms with Crippen LogP contribution in [0.2, 0.25) is 0 Å². The van der Waals surface area contributed by atoms with Crippen molar-refractivity contribution in [2.75, 3.05) is 6.61 Å². The van der Waals surface area contributed by atoms with Crippen molar-refractivity contribution >= 4 is 18.1 Å². The van der Waals surface area contributed by atoms with Gasteiger partial charge in [-0.15, -0.1) is 0 Å². The fraction of sp³-hybridized carbons (Fsp3) is 0.278. The standard InChI is InChI=1S/C18H18N2O3/c1-18(2)7-8-23-15-6-5-12(9-14(15)18)3-4-13-10-19-16(17(21)22)20-11-13/h3-6,9-11H,7-8H2,1-2H3,(H,21,22)/b4-3+. The first-order valence-corrected chi connectivity index (χ1v) is 7.46. The van der Waals surface area contributed by atoms with Crippen LogP contribution in [0.4, 0.5) is 0 Å². The summed E-state index contributed by atoms with van der Waals surface area (Å²) in [7, 11) is 0. The monoisotopic (exact) mass is 310 g/mol. The average molecular weight is 310 g/mol. The Morgan fingerprint density at radius 3 is 2.61 bits per heavy atom. The number of ether oxygens (including phenoxy) is 1. The first-order valence-electron chi connectivity index (χ1n) is 7.46. The van der Waals surface area contributed by atoms with Crippen LogP contribution >= 0.6 is 0 Å². The summed E-state index contributed by atoms with van der Waals surface area (Å²) in [6.07, 6.45) is 7.82. The summed E-state index contributed by atoms with van der Waals surface area (Å²) in [4.78, 5) is 18.3. The maximum absolute atomic E-state index is 10.7. The van der Waals surface area contributed by atoms with Crippen molar-refractivity contribution in [3.8, 4) is 5.75 Å². The molecule has 1 aromatic heterocycles. The van der Waals surface area contributed by atoms with Crippen molar-refractivity contribution < 1.29 is 14.6 Å². The van der Waals surface area contributed by atoms with Crippen LogP contribution in [0, 0.1) is 0 Å². The number of fused-ring (bicyclic) bond motifs is 1. The predicted octanol–water partition coefficient (Wildman–Crippen LogP) is 3.41. The van der Waals surface area contributed by atoms with Crippen molar-refractivity contribution in [1.82, 2.24) is 9.97 Å². The quantitative estimate of drug-likeness (QED) is 0.940. The highest BCUT2D eigenvalue weighted by Crippen LogP contribution is 2.38. The van der Waals surface area contributed by atoms with Crippen LogP contribution < -0.4 is 4.74 Å². The Balaban J connectivity index is 1.84. The number of carboxylic acids is 1. The fourth-order valence-electron chi connectivity index (χ4n) is 2.58. The Kier molecular flexibility index (Phi) is 3.86. The summed E-state index contributed by atoms with van der Waals surface area (Å²) in [5, 5.41) is 8.79. The molecule has 0 atom stereocenters. The molecule has 0 bridgehead atoms. The average Bonchev–Trinajstić information content (AvgIpc) is 2.53. The van der Waals surface area contributed by atoms with E-state index in [0.29, 0.717) is 0 Å². The van der Waals surface area contributed by atoms with Gasteiger partial charge in [-0.1, -0.05) is 32.1 Å². The third kappa shape index (κ3) is 3.23. The van der Waals surface area contributed by atoms with Crippen LogP contribution in [-0.2, 0) is 5.41 Å². The maximum atomic E-state index is 10.7. The number of hydrogen-bond donors (Lipinski definition) is 1. The van der Waals surface area contributed by atoms with Gasteiger partial charge >= 0.3 is 5.97 Å². The first kappa shape index (κ1) is 15.2. The molecule has 23 heavy (non-hydrogen) atoms. The van der Waals surface area contributed by atoms with E-state index in [2.05, 4.69) is 29.9 Å². The second kappa shape index (κ2) is 5.83. The fourth-order valence-corrected chi connectivity index (χ4v) is 2.58. The van der Waals surface area contributed by atoms with Gasteiger partial charge in [0.15, 0.2) is 0 Å². The molecule has 1 aromatic carbocycles. The topological polar surface area (TPSA) is 72.3 Å². The second-order valence-electron chi connectivity index (χ2n) is 6.22. The molecule has 5 heteroatoms. The second-order valence-corrected chi connectivity index (χ2v) is 6.22. The highest BCUT2D eigenvalue weighted by molar-refractivity contribution is 5.83. The highest BCUT2D eigenvalue weighted by Gasteiger charge is 2.28. The van der Waals surface area contributed by atoms with Gasteiger partial charge in [-0.3, -0.25) is 0 Å². The molecule has 1 aliphatic rings. The molecule has 5 nitrogen and oxygen atoms in total. The molecule has 1 aliphatic heterocycles. The van der Waals surface area contributed by atoms with Gasteiger partial charge < -0.3 is 9.84 Å². The lowest BCUT2D eigenvalue weighted by Gasteiger charge is -2.32. The van der Waals surface area contributed by atoms with Gasteiger partial charge in [0, 0.05) is 23.5 Å². The minimum Gasteiger partial charge on any atom is -0.493 e. The summed E-state index contributed by atoms with van der Waals surface area (Å²) in [5.41, 5.74) is 3.13. The molecule has 2 aromatic rings. The van der Waals surface area contributed by atoms with Crippen molar-refractivity contribution in [2.45, 2.75) is 25.7 Å². The van der Waals surface area contributed by atoms with E-state index in [4.69, 9.17) is 9.84 Å². The number of hydrogen-bond acceptors (Lipinski definition) is 4. The Bertz CT molecular complexity index is 764. The minimum absolute atomic E-state index is 0.101. The molecule has 0 fully saturated rings. The summed E-state index contributed by atoms with van der Waals surface area (Å²) in [6.45, 7) is 5.20. The molecular formula is C18H18N2O3. The number of rotatable bonds is 3. The van der Waals surface area contributed by atoms with Gasteiger partial charge in [0.2, 0.25) is 5.82 Å². The SMILES string of the molecule is CC1(C)CCOc2ccc(/C=C/c3cnc(C(=O)O)nc3)cc21. The van der Waals surface area contributed by atoms with E-state index in [1.165, 1.54) is 18.0 Å². The Morgan fingerprint density at radius 1 is 1.22 bits per heavy atom. The molecule has 2 heterocycles. The van der Waals surface area contributed by atoms with Crippen molar-refractivity contribution in [1.29, 1.82) is 0 Å². The van der Waals surface area contributed by atoms with Crippen molar-refractivity contribution in [3.05, 3.63) is 53.1 Å². The van der Waals surface area contributed by atoms with E-state index in [0.717, 1.165) is 29.9 Å². The van der Waals surface area contributed by atoms with Crippen LogP contribution in [0.15, 0.2) is 30.6 Å². The minimum atomic E-state index is -1.13. The number of benzene rings is 1. The number of carboxylic acid groups (broad SMARTS) is 1. The summed E-state index contributed by atoms with van der Waals surface area (Å²) >= 11 is 0. The van der Waals surface area contributed by atoms with Crippen molar-refractivity contribution in [2.24, 2.45) is 0 Å². The highest BCUT2D eigenvalue weighted by atomic mass is 16.5. The molecule has 0 spiro atoms. The predicted molar refractivity (Wildman–Crippen MR) is 87.5 cm³/mol. The molecule has 118 valence electrons. The third-order valence-corrected chi connectivity index (χ3v) is 4.05. The third-order valence-electron chi connectivity index (χ3n) is 4.05. The van der Waals surface area contributed by atoms with E-state index in [9.17, 15) is 4.79 Å². The zero-order valence-corrected chi connectivity index (χ0v) is 13.1. The Morgan fingerprint density at radius 2 is 1.91 bits per heavy atom. The number of carbonyl (C=O) groups is 1. The molecule has 0 radical (unpaired) electrons. The zero-order valence-electron chi connectivity index (χ0n) is 13.1. The van der Waals surface area contributed by atoms with Gasteiger partial charge in [-0.25, -0.2) is 14.8 Å². The van der Waals surface area contributed by atoms with Gasteiger partial charge in [-0.2, -0.15) is 0 Å². The van der Waals surface area contributed by atoms with Gasteiger partial charge in [0.1, 0.15) is 5.75 Å². The van der Waals surface area contributed by atoms with Crippen LogP contribution in [0.5, 0.6) is 5.75 Å². The van der Waals surface area contributed by atoms with Crippen molar-refractivity contribution in [3.63, 3.8) is 0 Å². The lowest BCUT2D eigenvalue weighted by Crippen LogP contribution is -2.26. The maximum Gasteiger partial charge on any atom is 0.373 e. The molecule has 0 unspecified atom stereocenters. The molecular weight excluding hydrogens is 292 g/mol. The van der Waals surface area contributed by atoms with E-state index in [1.807, 2.05) is 24.3 Å². The Hall–Kier alpha value is -2.69. The summed E-state index contributed by atoms with van der Waals surface area (Å²) < 4.78 is 5.71.